The fraction of sp³-hybridized carbons (Fsp3) is 0.357. The quantitative estimate of drug-likeness (QED) is 0.502. The van der Waals surface area contributed by atoms with Gasteiger partial charge in [0.05, 0.1) is 11.6 Å². The van der Waals surface area contributed by atoms with Crippen molar-refractivity contribution in [2.24, 2.45) is 0 Å². The first-order chi connectivity index (χ1) is 7.38. The summed E-state index contributed by atoms with van der Waals surface area (Å²) in [5.74, 6) is -0.468. The molecular weight excluding hydrogens is 201 g/mol. The lowest BCUT2D eigenvalue weighted by molar-refractivity contribution is 0.657. The van der Waals surface area contributed by atoms with Crippen LogP contribution in [0.25, 0.3) is 0 Å². The Balaban J connectivity index is 5.03. The maximum Gasteiger partial charge on any atom is 0.136 e. The van der Waals surface area contributed by atoms with Gasteiger partial charge in [-0.15, -0.1) is 0 Å². The number of allylic oxidation sites excluding steroid dienone is 8. The van der Waals surface area contributed by atoms with E-state index in [1.807, 2.05) is 39.8 Å². The Morgan fingerprint density at radius 3 is 2.00 bits per heavy atom. The predicted molar refractivity (Wildman–Crippen MR) is 66.4 cm³/mol. The summed E-state index contributed by atoms with van der Waals surface area (Å²) in [5.41, 5.74) is 3.11. The fourth-order valence-electron chi connectivity index (χ4n) is 0.889. The molecule has 0 aromatic carbocycles. The van der Waals surface area contributed by atoms with Crippen LogP contribution in [0, 0.1) is 11.3 Å². The van der Waals surface area contributed by atoms with E-state index in [1.54, 1.807) is 6.07 Å². The molecule has 0 atom stereocenters. The summed E-state index contributed by atoms with van der Waals surface area (Å²) >= 11 is 0. The maximum absolute atomic E-state index is 13.3. The molecule has 0 aliphatic carbocycles. The minimum atomic E-state index is -0.468. The highest BCUT2D eigenvalue weighted by atomic mass is 19.1. The van der Waals surface area contributed by atoms with Crippen LogP contribution in [0.2, 0.25) is 0 Å². The summed E-state index contributed by atoms with van der Waals surface area (Å²) in [6.45, 7) is 9.22. The summed E-state index contributed by atoms with van der Waals surface area (Å²) < 4.78 is 13.3. The van der Waals surface area contributed by atoms with E-state index < -0.39 is 5.83 Å². The molecule has 1 nitrogen and oxygen atoms in total. The van der Waals surface area contributed by atoms with Crippen molar-refractivity contribution < 1.29 is 4.39 Å². The highest BCUT2D eigenvalue weighted by molar-refractivity contribution is 5.38. The van der Waals surface area contributed by atoms with E-state index in [0.717, 1.165) is 11.1 Å². The molecule has 2 heteroatoms. The second-order valence-corrected chi connectivity index (χ2v) is 4.01. The van der Waals surface area contributed by atoms with Gasteiger partial charge in [-0.2, -0.15) is 5.26 Å². The first kappa shape index (κ1) is 14.4. The Hall–Kier alpha value is -1.62. The van der Waals surface area contributed by atoms with E-state index >= 15 is 0 Å². The molecule has 0 aromatic rings. The molecule has 0 radical (unpaired) electrons. The molecule has 0 bridgehead atoms. The topological polar surface area (TPSA) is 23.8 Å². The third kappa shape index (κ3) is 5.31. The van der Waals surface area contributed by atoms with Crippen LogP contribution >= 0.6 is 0 Å². The summed E-state index contributed by atoms with van der Waals surface area (Å²) in [6, 6.07) is 1.79. The Labute approximate surface area is 97.3 Å². The van der Waals surface area contributed by atoms with Gasteiger partial charge in [0.2, 0.25) is 0 Å². The van der Waals surface area contributed by atoms with E-state index in [-0.39, 0.29) is 5.57 Å². The van der Waals surface area contributed by atoms with Crippen molar-refractivity contribution in [2.45, 2.75) is 34.6 Å². The second-order valence-electron chi connectivity index (χ2n) is 4.01. The Morgan fingerprint density at radius 1 is 1.00 bits per heavy atom. The van der Waals surface area contributed by atoms with Crippen LogP contribution in [0.1, 0.15) is 34.6 Å². The summed E-state index contributed by atoms with van der Waals surface area (Å²) in [7, 11) is 0. The Kier molecular flexibility index (Phi) is 6.10. The Bertz CT molecular complexity index is 411. The number of hydrogen-bond acceptors (Lipinski definition) is 1. The fourth-order valence-corrected chi connectivity index (χ4v) is 0.889. The van der Waals surface area contributed by atoms with E-state index in [4.69, 9.17) is 5.26 Å². The third-order valence-corrected chi connectivity index (χ3v) is 2.16. The van der Waals surface area contributed by atoms with Crippen molar-refractivity contribution >= 4 is 0 Å². The maximum atomic E-state index is 13.3. The van der Waals surface area contributed by atoms with Crippen molar-refractivity contribution in [3.8, 4) is 6.07 Å². The minimum absolute atomic E-state index is 0.106. The molecule has 0 N–H and O–H groups in total. The average molecular weight is 219 g/mol. The normalized spacial score (nSPS) is 14.1. The van der Waals surface area contributed by atoms with Crippen LogP contribution in [0.4, 0.5) is 4.39 Å². The molecule has 0 amide bonds. The predicted octanol–water partition coefficient (Wildman–Crippen LogP) is 4.61. The number of rotatable bonds is 3. The summed E-state index contributed by atoms with van der Waals surface area (Å²) in [6.07, 6.45) is 5.31. The lowest BCUT2D eigenvalue weighted by atomic mass is 10.1. The van der Waals surface area contributed by atoms with Crippen molar-refractivity contribution in [3.05, 3.63) is 46.3 Å². The molecule has 0 aromatic heterocycles. The molecule has 0 aliphatic rings. The first-order valence-electron chi connectivity index (χ1n) is 5.15. The van der Waals surface area contributed by atoms with Gasteiger partial charge in [-0.3, -0.25) is 0 Å². The number of nitrogens with zero attached hydrogens (tertiary/aromatic N) is 1. The molecule has 0 saturated heterocycles. The molecule has 16 heavy (non-hydrogen) atoms. The Morgan fingerprint density at radius 2 is 1.56 bits per heavy atom. The van der Waals surface area contributed by atoms with E-state index in [1.165, 1.54) is 18.6 Å². The van der Waals surface area contributed by atoms with Crippen LogP contribution in [0.15, 0.2) is 46.3 Å². The van der Waals surface area contributed by atoms with Gasteiger partial charge in [-0.1, -0.05) is 17.7 Å². The lowest BCUT2D eigenvalue weighted by Gasteiger charge is -2.00. The minimum Gasteiger partial charge on any atom is -0.206 e. The highest BCUT2D eigenvalue weighted by Gasteiger charge is 1.99. The molecule has 0 aliphatic heterocycles. The van der Waals surface area contributed by atoms with Gasteiger partial charge >= 0.3 is 0 Å². The molecule has 0 spiro atoms. The third-order valence-electron chi connectivity index (χ3n) is 2.16. The second kappa shape index (κ2) is 6.79. The van der Waals surface area contributed by atoms with Gasteiger partial charge in [0, 0.05) is 0 Å². The summed E-state index contributed by atoms with van der Waals surface area (Å²) in [5, 5.41) is 8.53. The van der Waals surface area contributed by atoms with Crippen LogP contribution in [0.3, 0.4) is 0 Å². The van der Waals surface area contributed by atoms with Crippen LogP contribution < -0.4 is 0 Å². The molecule has 0 rings (SSSR count). The molecule has 0 unspecified atom stereocenters. The average Bonchev–Trinajstić information content (AvgIpc) is 2.24. The number of hydrogen-bond donors (Lipinski definition) is 0. The number of halogens is 1. The standard InChI is InChI=1S/C14H18FN/c1-10(2)6-7-11(3)12(4)8-14(15)13(5)9-16/h6-8H,1-5H3/b11-7+,12-8+,14-13-. The first-order valence-corrected chi connectivity index (χ1v) is 5.15. The van der Waals surface area contributed by atoms with Crippen molar-refractivity contribution in [2.75, 3.05) is 0 Å². The smallest absolute Gasteiger partial charge is 0.136 e. The van der Waals surface area contributed by atoms with Gasteiger partial charge in [0.1, 0.15) is 5.83 Å². The van der Waals surface area contributed by atoms with Gasteiger partial charge in [-0.25, -0.2) is 4.39 Å². The van der Waals surface area contributed by atoms with Crippen LogP contribution in [-0.4, -0.2) is 0 Å². The van der Waals surface area contributed by atoms with Gasteiger partial charge in [0.15, 0.2) is 0 Å². The molecule has 86 valence electrons. The van der Waals surface area contributed by atoms with E-state index in [2.05, 4.69) is 0 Å². The van der Waals surface area contributed by atoms with Gasteiger partial charge < -0.3 is 0 Å². The zero-order valence-electron chi connectivity index (χ0n) is 10.6. The molecule has 0 heterocycles. The summed E-state index contributed by atoms with van der Waals surface area (Å²) in [4.78, 5) is 0. The monoisotopic (exact) mass is 219 g/mol. The SMILES string of the molecule is CC(C)=C/C=C(C)/C(C)=C/C(F)=C(\C)C#N. The highest BCUT2D eigenvalue weighted by Crippen LogP contribution is 2.15. The van der Waals surface area contributed by atoms with E-state index in [0.29, 0.717) is 0 Å². The molecule has 0 saturated carbocycles. The lowest BCUT2D eigenvalue weighted by Crippen LogP contribution is -1.82. The van der Waals surface area contributed by atoms with Crippen molar-refractivity contribution in [3.63, 3.8) is 0 Å². The zero-order chi connectivity index (χ0) is 12.7. The van der Waals surface area contributed by atoms with Crippen LogP contribution in [-0.2, 0) is 0 Å². The zero-order valence-corrected chi connectivity index (χ0v) is 10.6. The molecule has 0 fully saturated rings. The van der Waals surface area contributed by atoms with Gasteiger partial charge in [0.25, 0.3) is 0 Å². The van der Waals surface area contributed by atoms with E-state index in [9.17, 15) is 4.39 Å². The van der Waals surface area contributed by atoms with Crippen LogP contribution in [0.5, 0.6) is 0 Å². The largest absolute Gasteiger partial charge is 0.206 e. The van der Waals surface area contributed by atoms with Gasteiger partial charge in [-0.05, 0) is 51.8 Å². The number of nitriles is 1. The van der Waals surface area contributed by atoms with Crippen molar-refractivity contribution in [1.82, 2.24) is 0 Å². The molecular formula is C14H18FN. The van der Waals surface area contributed by atoms with Crippen molar-refractivity contribution in [1.29, 1.82) is 5.26 Å².